The Balaban J connectivity index is 1.75. The van der Waals surface area contributed by atoms with Crippen LogP contribution in [0.15, 0.2) is 12.1 Å². The minimum atomic E-state index is -0.346. The zero-order valence-electron chi connectivity index (χ0n) is 13.2. The maximum atomic E-state index is 12.0. The number of rotatable bonds is 3. The number of aromatic nitrogens is 1. The summed E-state index contributed by atoms with van der Waals surface area (Å²) in [4.78, 5) is 40.9. The van der Waals surface area contributed by atoms with Gasteiger partial charge in [0.2, 0.25) is 11.8 Å². The number of nitrogens with zero attached hydrogens (tertiary/aromatic N) is 2. The third-order valence-electron chi connectivity index (χ3n) is 4.75. The molecule has 0 saturated carbocycles. The van der Waals surface area contributed by atoms with Crippen LogP contribution in [-0.2, 0) is 14.4 Å². The van der Waals surface area contributed by atoms with E-state index in [1.54, 1.807) is 0 Å². The Morgan fingerprint density at radius 3 is 2.57 bits per heavy atom. The maximum Gasteiger partial charge on any atom is 0.235 e. The van der Waals surface area contributed by atoms with Gasteiger partial charge in [-0.1, -0.05) is 0 Å². The van der Waals surface area contributed by atoms with Crippen LogP contribution in [-0.4, -0.2) is 36.2 Å². The molecule has 2 saturated heterocycles. The molecule has 0 radical (unpaired) electrons. The number of aryl methyl sites for hydroxylation is 1. The molecule has 3 heterocycles. The van der Waals surface area contributed by atoms with Crippen LogP contribution in [0.5, 0.6) is 0 Å². The molecule has 1 aromatic heterocycles. The van der Waals surface area contributed by atoms with E-state index in [2.05, 4.69) is 15.2 Å². The second-order valence-corrected chi connectivity index (χ2v) is 6.30. The van der Waals surface area contributed by atoms with E-state index >= 15 is 0 Å². The van der Waals surface area contributed by atoms with Gasteiger partial charge in [0, 0.05) is 25.4 Å². The molecule has 2 amide bonds. The van der Waals surface area contributed by atoms with Crippen LogP contribution in [0, 0.1) is 12.8 Å². The van der Waals surface area contributed by atoms with Crippen LogP contribution in [0.3, 0.4) is 0 Å². The van der Waals surface area contributed by atoms with Gasteiger partial charge in [0.25, 0.3) is 0 Å². The Labute approximate surface area is 135 Å². The molecule has 1 N–H and O–H groups in total. The molecule has 0 aliphatic carbocycles. The van der Waals surface area contributed by atoms with Gasteiger partial charge in [-0.3, -0.25) is 19.9 Å². The fraction of sp³-hybridized carbons (Fsp3) is 0.529. The fourth-order valence-corrected chi connectivity index (χ4v) is 3.35. The third-order valence-corrected chi connectivity index (χ3v) is 4.75. The lowest BCUT2D eigenvalue weighted by Crippen LogP contribution is -2.40. The first-order chi connectivity index (χ1) is 11.1. The first kappa shape index (κ1) is 15.6. The molecule has 0 spiro atoms. The fourth-order valence-electron chi connectivity index (χ4n) is 3.35. The van der Waals surface area contributed by atoms with Gasteiger partial charge in [0.05, 0.1) is 23.0 Å². The smallest absolute Gasteiger partial charge is 0.235 e. The molecule has 6 nitrogen and oxygen atoms in total. The number of piperidine rings is 2. The van der Waals surface area contributed by atoms with Crippen LogP contribution >= 0.6 is 0 Å². The minimum Gasteiger partial charge on any atom is -0.370 e. The molecule has 122 valence electrons. The molecule has 3 rings (SSSR count). The van der Waals surface area contributed by atoms with E-state index in [0.717, 1.165) is 49.3 Å². The molecule has 6 heteroatoms. The molecule has 2 aliphatic rings. The first-order valence-electron chi connectivity index (χ1n) is 8.10. The van der Waals surface area contributed by atoms with Gasteiger partial charge in [0.1, 0.15) is 6.29 Å². The highest BCUT2D eigenvalue weighted by molar-refractivity contribution is 6.00. The van der Waals surface area contributed by atoms with Crippen LogP contribution in [0.2, 0.25) is 0 Å². The summed E-state index contributed by atoms with van der Waals surface area (Å²) in [5.74, 6) is -0.645. The molecular formula is C17H21N3O3. The predicted molar refractivity (Wildman–Crippen MR) is 85.1 cm³/mol. The van der Waals surface area contributed by atoms with Crippen molar-refractivity contribution in [1.82, 2.24) is 10.3 Å². The first-order valence-corrected chi connectivity index (χ1v) is 8.10. The van der Waals surface area contributed by atoms with Crippen LogP contribution in [0.25, 0.3) is 0 Å². The average molecular weight is 315 g/mol. The van der Waals surface area contributed by atoms with E-state index in [1.807, 2.05) is 19.1 Å². The number of hydrogen-bond donors (Lipinski definition) is 1. The van der Waals surface area contributed by atoms with E-state index < -0.39 is 0 Å². The summed E-state index contributed by atoms with van der Waals surface area (Å²) in [6.45, 7) is 3.64. The minimum absolute atomic E-state index is 0.169. The second kappa shape index (κ2) is 6.48. The van der Waals surface area contributed by atoms with Gasteiger partial charge in [-0.05, 0) is 38.3 Å². The van der Waals surface area contributed by atoms with Crippen LogP contribution < -0.4 is 10.2 Å². The Hall–Kier alpha value is -2.24. The highest BCUT2D eigenvalue weighted by atomic mass is 16.2. The number of carbonyl (C=O) groups excluding carboxylic acids is 3. The normalized spacial score (nSPS) is 22.8. The van der Waals surface area contributed by atoms with Crippen molar-refractivity contribution in [2.75, 3.05) is 18.0 Å². The Morgan fingerprint density at radius 2 is 1.96 bits per heavy atom. The standard InChI is InChI=1S/C17H21N3O3/c1-11-15(20-8-6-12(10-21)7-9-20)4-3-14(18-11)13-2-5-16(22)19-17(13)23/h3-4,10,12-13H,2,5-9H2,1H3,(H,19,22,23). The number of hydrogen-bond acceptors (Lipinski definition) is 5. The largest absolute Gasteiger partial charge is 0.370 e. The predicted octanol–water partition coefficient (Wildman–Crippen LogP) is 1.33. The number of aldehydes is 1. The van der Waals surface area contributed by atoms with E-state index in [1.165, 1.54) is 0 Å². The summed E-state index contributed by atoms with van der Waals surface area (Å²) in [7, 11) is 0. The molecule has 1 unspecified atom stereocenters. The molecule has 0 bridgehead atoms. The Morgan fingerprint density at radius 1 is 1.22 bits per heavy atom. The molecule has 2 aliphatic heterocycles. The highest BCUT2D eigenvalue weighted by Crippen LogP contribution is 2.28. The van der Waals surface area contributed by atoms with Gasteiger partial charge >= 0.3 is 0 Å². The average Bonchev–Trinajstić information content (AvgIpc) is 2.55. The second-order valence-electron chi connectivity index (χ2n) is 6.30. The summed E-state index contributed by atoms with van der Waals surface area (Å²) in [5.41, 5.74) is 2.67. The zero-order chi connectivity index (χ0) is 16.4. The highest BCUT2D eigenvalue weighted by Gasteiger charge is 2.29. The van der Waals surface area contributed by atoms with E-state index in [0.29, 0.717) is 12.8 Å². The van der Waals surface area contributed by atoms with Crippen molar-refractivity contribution in [2.24, 2.45) is 5.92 Å². The Bertz CT molecular complexity index is 636. The topological polar surface area (TPSA) is 79.4 Å². The summed E-state index contributed by atoms with van der Waals surface area (Å²) in [5, 5.41) is 2.38. The summed E-state index contributed by atoms with van der Waals surface area (Å²) < 4.78 is 0. The van der Waals surface area contributed by atoms with Crippen molar-refractivity contribution < 1.29 is 14.4 Å². The lowest BCUT2D eigenvalue weighted by atomic mass is 9.93. The molecular weight excluding hydrogens is 294 g/mol. The monoisotopic (exact) mass is 315 g/mol. The Kier molecular flexibility index (Phi) is 4.41. The van der Waals surface area contributed by atoms with Crippen molar-refractivity contribution in [2.45, 2.75) is 38.5 Å². The van der Waals surface area contributed by atoms with E-state index in [4.69, 9.17) is 0 Å². The van der Waals surface area contributed by atoms with Crippen molar-refractivity contribution in [1.29, 1.82) is 0 Å². The molecule has 1 aromatic rings. The van der Waals surface area contributed by atoms with Crippen molar-refractivity contribution in [3.05, 3.63) is 23.5 Å². The van der Waals surface area contributed by atoms with Crippen molar-refractivity contribution in [3.8, 4) is 0 Å². The van der Waals surface area contributed by atoms with Gasteiger partial charge in [-0.25, -0.2) is 0 Å². The van der Waals surface area contributed by atoms with E-state index in [9.17, 15) is 14.4 Å². The number of pyridine rings is 1. The van der Waals surface area contributed by atoms with Crippen molar-refractivity contribution in [3.63, 3.8) is 0 Å². The van der Waals surface area contributed by atoms with Crippen LogP contribution in [0.1, 0.15) is 43.0 Å². The molecule has 23 heavy (non-hydrogen) atoms. The number of amides is 2. The quantitative estimate of drug-likeness (QED) is 0.672. The van der Waals surface area contributed by atoms with Gasteiger partial charge in [-0.2, -0.15) is 0 Å². The van der Waals surface area contributed by atoms with Gasteiger partial charge in [-0.15, -0.1) is 0 Å². The molecule has 1 atom stereocenters. The zero-order valence-corrected chi connectivity index (χ0v) is 13.2. The SMILES string of the molecule is Cc1nc(C2CCC(=O)NC2=O)ccc1N1CCC(C=O)CC1. The number of anilines is 1. The third kappa shape index (κ3) is 3.25. The summed E-state index contributed by atoms with van der Waals surface area (Å²) in [6.07, 6.45) is 3.67. The van der Waals surface area contributed by atoms with Gasteiger partial charge in [0.15, 0.2) is 0 Å². The number of nitrogens with one attached hydrogen (secondary N) is 1. The van der Waals surface area contributed by atoms with E-state index in [-0.39, 0.29) is 23.7 Å². The molecule has 2 fully saturated rings. The molecule has 0 aromatic carbocycles. The lowest BCUT2D eigenvalue weighted by molar-refractivity contribution is -0.134. The van der Waals surface area contributed by atoms with Crippen molar-refractivity contribution >= 4 is 23.8 Å². The maximum absolute atomic E-state index is 12.0. The van der Waals surface area contributed by atoms with Crippen LogP contribution in [0.4, 0.5) is 5.69 Å². The number of carbonyl (C=O) groups is 3. The lowest BCUT2D eigenvalue weighted by Gasteiger charge is -2.32. The summed E-state index contributed by atoms with van der Waals surface area (Å²) in [6, 6.07) is 3.89. The number of imide groups is 1. The summed E-state index contributed by atoms with van der Waals surface area (Å²) >= 11 is 0. The van der Waals surface area contributed by atoms with Gasteiger partial charge < -0.3 is 9.69 Å².